The van der Waals surface area contributed by atoms with Gasteiger partial charge in [-0.05, 0) is 43.2 Å². The van der Waals surface area contributed by atoms with Crippen molar-refractivity contribution in [2.75, 3.05) is 46.0 Å². The number of ether oxygens (including phenoxy) is 2. The molecule has 2 aliphatic heterocycles. The van der Waals surface area contributed by atoms with E-state index in [0.29, 0.717) is 37.7 Å². The molecule has 1 amide bonds. The number of rotatable bonds is 8. The fourth-order valence-electron chi connectivity index (χ4n) is 4.32. The van der Waals surface area contributed by atoms with Crippen molar-refractivity contribution in [3.63, 3.8) is 0 Å². The number of pyridine rings is 1. The maximum Gasteiger partial charge on any atom is 0.295 e. The minimum atomic E-state index is -0.672. The van der Waals surface area contributed by atoms with Crippen LogP contribution >= 0.6 is 0 Å². The van der Waals surface area contributed by atoms with Gasteiger partial charge < -0.3 is 19.5 Å². The number of amides is 1. The molecule has 3 heterocycles. The second kappa shape index (κ2) is 10.6. The van der Waals surface area contributed by atoms with Crippen LogP contribution in [0.4, 0.5) is 0 Å². The molecule has 0 spiro atoms. The van der Waals surface area contributed by atoms with E-state index in [1.807, 2.05) is 31.2 Å². The summed E-state index contributed by atoms with van der Waals surface area (Å²) < 4.78 is 10.9. The van der Waals surface area contributed by atoms with Gasteiger partial charge in [0, 0.05) is 44.1 Å². The predicted octanol–water partition coefficient (Wildman–Crippen LogP) is 2.62. The van der Waals surface area contributed by atoms with E-state index in [1.165, 1.54) is 0 Å². The first-order chi connectivity index (χ1) is 16.1. The number of nitrogens with zero attached hydrogens (tertiary/aromatic N) is 3. The third-order valence-corrected chi connectivity index (χ3v) is 5.98. The highest BCUT2D eigenvalue weighted by atomic mass is 16.5. The van der Waals surface area contributed by atoms with Crippen molar-refractivity contribution in [1.82, 2.24) is 14.8 Å². The number of aliphatic hydroxyl groups excluding tert-OH is 1. The number of carbonyl (C=O) groups is 2. The van der Waals surface area contributed by atoms with Crippen LogP contribution in [-0.4, -0.2) is 77.6 Å². The number of hydrogen-bond donors (Lipinski definition) is 1. The summed E-state index contributed by atoms with van der Waals surface area (Å²) in [6.07, 6.45) is 3.80. The van der Waals surface area contributed by atoms with Crippen LogP contribution in [0.5, 0.6) is 5.75 Å². The number of Topliss-reactive ketones (excluding diaryl/α,β-unsaturated/α-hetero) is 1. The summed E-state index contributed by atoms with van der Waals surface area (Å²) in [4.78, 5) is 34.0. The number of aliphatic hydroxyl groups is 1. The monoisotopic (exact) mass is 451 g/mol. The van der Waals surface area contributed by atoms with E-state index in [9.17, 15) is 14.7 Å². The van der Waals surface area contributed by atoms with E-state index >= 15 is 0 Å². The Kier molecular flexibility index (Phi) is 7.36. The molecule has 33 heavy (non-hydrogen) atoms. The molecule has 1 unspecified atom stereocenters. The fourth-order valence-corrected chi connectivity index (χ4v) is 4.32. The SMILES string of the molecule is CCOc1ccc(C2/C(=C(\O)c3ccncc3)C(=O)C(=O)N2CCCN2CCOCC2)cc1. The van der Waals surface area contributed by atoms with Crippen LogP contribution in [0, 0.1) is 0 Å². The highest BCUT2D eigenvalue weighted by Crippen LogP contribution is 2.39. The van der Waals surface area contributed by atoms with Crippen LogP contribution < -0.4 is 4.74 Å². The fraction of sp³-hybridized carbons (Fsp3) is 0.400. The number of carbonyl (C=O) groups excluding carboxylic acids is 2. The van der Waals surface area contributed by atoms with E-state index in [2.05, 4.69) is 9.88 Å². The van der Waals surface area contributed by atoms with E-state index in [0.717, 1.165) is 31.6 Å². The topological polar surface area (TPSA) is 92.2 Å². The molecule has 2 aliphatic rings. The number of hydrogen-bond acceptors (Lipinski definition) is 7. The van der Waals surface area contributed by atoms with Gasteiger partial charge in [0.1, 0.15) is 11.5 Å². The lowest BCUT2D eigenvalue weighted by Crippen LogP contribution is -2.38. The smallest absolute Gasteiger partial charge is 0.295 e. The molecule has 1 aromatic heterocycles. The molecule has 4 rings (SSSR count). The van der Waals surface area contributed by atoms with E-state index in [-0.39, 0.29) is 11.3 Å². The molecule has 1 aromatic carbocycles. The Hall–Kier alpha value is -3.23. The average Bonchev–Trinajstić information content (AvgIpc) is 3.10. The number of benzene rings is 1. The number of likely N-dealkylation sites (tertiary alicyclic amines) is 1. The third kappa shape index (κ3) is 5.07. The molecular formula is C25H29N3O5. The summed E-state index contributed by atoms with van der Waals surface area (Å²) in [6, 6.07) is 9.90. The van der Waals surface area contributed by atoms with E-state index < -0.39 is 17.7 Å². The van der Waals surface area contributed by atoms with Gasteiger partial charge in [0.2, 0.25) is 0 Å². The lowest BCUT2D eigenvalue weighted by Gasteiger charge is -2.29. The lowest BCUT2D eigenvalue weighted by molar-refractivity contribution is -0.140. The van der Waals surface area contributed by atoms with Crippen molar-refractivity contribution in [3.05, 3.63) is 65.5 Å². The van der Waals surface area contributed by atoms with Crippen molar-refractivity contribution in [1.29, 1.82) is 0 Å². The number of aromatic nitrogens is 1. The Morgan fingerprint density at radius 2 is 1.79 bits per heavy atom. The molecule has 1 atom stereocenters. The summed E-state index contributed by atoms with van der Waals surface area (Å²) in [5, 5.41) is 11.0. The quantitative estimate of drug-likeness (QED) is 0.375. The van der Waals surface area contributed by atoms with E-state index in [1.54, 1.807) is 29.4 Å². The van der Waals surface area contributed by atoms with Gasteiger partial charge in [0.25, 0.3) is 11.7 Å². The second-order valence-electron chi connectivity index (χ2n) is 8.04. The van der Waals surface area contributed by atoms with Crippen molar-refractivity contribution in [2.45, 2.75) is 19.4 Å². The number of morpholine rings is 1. The Bertz CT molecular complexity index is 1000. The zero-order valence-electron chi connectivity index (χ0n) is 18.8. The van der Waals surface area contributed by atoms with Crippen molar-refractivity contribution in [3.8, 4) is 5.75 Å². The van der Waals surface area contributed by atoms with Gasteiger partial charge in [-0.3, -0.25) is 19.5 Å². The molecular weight excluding hydrogens is 422 g/mol. The van der Waals surface area contributed by atoms with Crippen molar-refractivity contribution < 1.29 is 24.2 Å². The van der Waals surface area contributed by atoms with Crippen LogP contribution in [0.3, 0.4) is 0 Å². The Morgan fingerprint density at radius 3 is 2.45 bits per heavy atom. The highest BCUT2D eigenvalue weighted by molar-refractivity contribution is 6.46. The van der Waals surface area contributed by atoms with Gasteiger partial charge in [-0.15, -0.1) is 0 Å². The van der Waals surface area contributed by atoms with Gasteiger partial charge in [0.15, 0.2) is 0 Å². The zero-order chi connectivity index (χ0) is 23.2. The maximum atomic E-state index is 13.1. The second-order valence-corrected chi connectivity index (χ2v) is 8.04. The molecule has 2 saturated heterocycles. The molecule has 2 fully saturated rings. The summed E-state index contributed by atoms with van der Waals surface area (Å²) in [7, 11) is 0. The molecule has 1 N–H and O–H groups in total. The van der Waals surface area contributed by atoms with Crippen LogP contribution in [-0.2, 0) is 14.3 Å². The minimum Gasteiger partial charge on any atom is -0.507 e. The number of ketones is 1. The van der Waals surface area contributed by atoms with E-state index in [4.69, 9.17) is 9.47 Å². The summed E-state index contributed by atoms with van der Waals surface area (Å²) >= 11 is 0. The molecule has 0 radical (unpaired) electrons. The Labute approximate surface area is 193 Å². The maximum absolute atomic E-state index is 13.1. The van der Waals surface area contributed by atoms with Gasteiger partial charge in [0.05, 0.1) is 31.4 Å². The summed E-state index contributed by atoms with van der Waals surface area (Å²) in [5.74, 6) is -0.744. The van der Waals surface area contributed by atoms with Gasteiger partial charge >= 0.3 is 0 Å². The van der Waals surface area contributed by atoms with Gasteiger partial charge in [-0.2, -0.15) is 0 Å². The zero-order valence-corrected chi connectivity index (χ0v) is 18.8. The largest absolute Gasteiger partial charge is 0.507 e. The molecule has 0 bridgehead atoms. The molecule has 174 valence electrons. The first-order valence-corrected chi connectivity index (χ1v) is 11.3. The Balaban J connectivity index is 1.65. The van der Waals surface area contributed by atoms with Crippen molar-refractivity contribution >= 4 is 17.4 Å². The Morgan fingerprint density at radius 1 is 1.09 bits per heavy atom. The first kappa shape index (κ1) is 22.9. The summed E-state index contributed by atoms with van der Waals surface area (Å²) in [5.41, 5.74) is 1.30. The average molecular weight is 452 g/mol. The van der Waals surface area contributed by atoms with Crippen LogP contribution in [0.1, 0.15) is 30.5 Å². The first-order valence-electron chi connectivity index (χ1n) is 11.3. The standard InChI is InChI=1S/C25H29N3O5/c1-2-33-20-6-4-18(5-7-20)22-21(23(29)19-8-10-26-11-9-19)24(30)25(31)28(22)13-3-12-27-14-16-32-17-15-27/h4-11,22,29H,2-3,12-17H2,1H3/b23-21+. The van der Waals surface area contributed by atoms with Gasteiger partial charge in [-0.25, -0.2) is 0 Å². The molecule has 0 aliphatic carbocycles. The van der Waals surface area contributed by atoms with Crippen LogP contribution in [0.25, 0.3) is 5.76 Å². The lowest BCUT2D eigenvalue weighted by atomic mass is 9.95. The normalized spacial score (nSPS) is 20.9. The van der Waals surface area contributed by atoms with Crippen LogP contribution in [0.2, 0.25) is 0 Å². The third-order valence-electron chi connectivity index (χ3n) is 5.98. The van der Waals surface area contributed by atoms with Crippen molar-refractivity contribution in [2.24, 2.45) is 0 Å². The molecule has 8 heteroatoms. The molecule has 2 aromatic rings. The molecule has 8 nitrogen and oxygen atoms in total. The highest BCUT2D eigenvalue weighted by Gasteiger charge is 2.45. The predicted molar refractivity (Wildman–Crippen MR) is 123 cm³/mol. The van der Waals surface area contributed by atoms with Crippen LogP contribution in [0.15, 0.2) is 54.4 Å². The molecule has 0 saturated carbocycles. The minimum absolute atomic E-state index is 0.0988. The van der Waals surface area contributed by atoms with Gasteiger partial charge in [-0.1, -0.05) is 12.1 Å². The summed E-state index contributed by atoms with van der Waals surface area (Å²) in [6.45, 7) is 6.82.